The highest BCUT2D eigenvalue weighted by Gasteiger charge is 2.18. The molecule has 0 saturated carbocycles. The van der Waals surface area contributed by atoms with E-state index in [9.17, 15) is 19.7 Å². The van der Waals surface area contributed by atoms with Crippen molar-refractivity contribution in [1.82, 2.24) is 0 Å². The van der Waals surface area contributed by atoms with Gasteiger partial charge in [-0.2, -0.15) is 0 Å². The lowest BCUT2D eigenvalue weighted by atomic mass is 10.1. The van der Waals surface area contributed by atoms with E-state index in [0.29, 0.717) is 6.42 Å². The van der Waals surface area contributed by atoms with Gasteiger partial charge in [0.15, 0.2) is 0 Å². The maximum absolute atomic E-state index is 12.4. The molecule has 7 nitrogen and oxygen atoms in total. The summed E-state index contributed by atoms with van der Waals surface area (Å²) in [6.45, 7) is 0.177. The number of benzene rings is 3. The number of para-hydroxylation sites is 1. The van der Waals surface area contributed by atoms with Crippen LogP contribution in [0.4, 0.5) is 5.69 Å². The van der Waals surface area contributed by atoms with Crippen LogP contribution in [0.25, 0.3) is 0 Å². The summed E-state index contributed by atoms with van der Waals surface area (Å²) in [6, 6.07) is 20.9. The molecule has 0 saturated heterocycles. The number of hydrogen-bond acceptors (Lipinski definition) is 6. The Morgan fingerprint density at radius 1 is 0.862 bits per heavy atom. The van der Waals surface area contributed by atoms with Gasteiger partial charge in [0, 0.05) is 18.6 Å². The Morgan fingerprint density at radius 2 is 1.59 bits per heavy atom. The predicted molar refractivity (Wildman–Crippen MR) is 105 cm³/mol. The first-order chi connectivity index (χ1) is 14.0. The number of carbonyl (C=O) groups is 2. The normalized spacial score (nSPS) is 10.2. The lowest BCUT2D eigenvalue weighted by Gasteiger charge is -2.10. The summed E-state index contributed by atoms with van der Waals surface area (Å²) in [7, 11) is 0. The van der Waals surface area contributed by atoms with E-state index in [1.54, 1.807) is 12.1 Å². The molecule has 0 unspecified atom stereocenters. The van der Waals surface area contributed by atoms with Gasteiger partial charge in [0.05, 0.1) is 17.1 Å². The summed E-state index contributed by atoms with van der Waals surface area (Å²) in [4.78, 5) is 35.1. The molecular formula is C22H17NO6. The van der Waals surface area contributed by atoms with Crippen molar-refractivity contribution in [3.05, 3.63) is 106 Å². The number of nitrogens with zero attached hydrogens (tertiary/aromatic N) is 1. The van der Waals surface area contributed by atoms with Gasteiger partial charge >= 0.3 is 11.9 Å². The van der Waals surface area contributed by atoms with Crippen molar-refractivity contribution in [3.8, 4) is 5.75 Å². The molecule has 0 aliphatic rings. The molecule has 0 aromatic heterocycles. The minimum atomic E-state index is -0.807. The topological polar surface area (TPSA) is 95.7 Å². The van der Waals surface area contributed by atoms with Crippen LogP contribution in [0.3, 0.4) is 0 Å². The maximum Gasteiger partial charge on any atom is 0.343 e. The lowest BCUT2D eigenvalue weighted by Crippen LogP contribution is -2.14. The highest BCUT2D eigenvalue weighted by Crippen LogP contribution is 2.22. The van der Waals surface area contributed by atoms with E-state index in [0.717, 1.165) is 11.6 Å². The van der Waals surface area contributed by atoms with Crippen molar-refractivity contribution >= 4 is 17.6 Å². The van der Waals surface area contributed by atoms with Gasteiger partial charge in [0.25, 0.3) is 5.69 Å². The Kier molecular flexibility index (Phi) is 6.32. The second-order valence-electron chi connectivity index (χ2n) is 6.06. The fourth-order valence-electron chi connectivity index (χ4n) is 2.61. The Balaban J connectivity index is 1.68. The van der Waals surface area contributed by atoms with Crippen LogP contribution in [0.5, 0.6) is 5.75 Å². The summed E-state index contributed by atoms with van der Waals surface area (Å²) >= 11 is 0. The van der Waals surface area contributed by atoms with Crippen LogP contribution in [-0.4, -0.2) is 23.5 Å². The van der Waals surface area contributed by atoms with Crippen LogP contribution in [0.2, 0.25) is 0 Å². The van der Waals surface area contributed by atoms with Crippen LogP contribution in [-0.2, 0) is 11.2 Å². The quantitative estimate of drug-likeness (QED) is 0.259. The van der Waals surface area contributed by atoms with Crippen molar-refractivity contribution in [3.63, 3.8) is 0 Å². The third-order valence-electron chi connectivity index (χ3n) is 4.07. The van der Waals surface area contributed by atoms with Gasteiger partial charge in [-0.15, -0.1) is 0 Å². The van der Waals surface area contributed by atoms with Crippen molar-refractivity contribution in [2.75, 3.05) is 6.61 Å². The summed E-state index contributed by atoms with van der Waals surface area (Å²) in [5, 5.41) is 10.9. The summed E-state index contributed by atoms with van der Waals surface area (Å²) in [5.74, 6) is -1.41. The van der Waals surface area contributed by atoms with Gasteiger partial charge in [-0.1, -0.05) is 48.5 Å². The highest BCUT2D eigenvalue weighted by molar-refractivity contribution is 5.96. The van der Waals surface area contributed by atoms with Crippen LogP contribution >= 0.6 is 0 Å². The van der Waals surface area contributed by atoms with Crippen LogP contribution in [0.1, 0.15) is 26.3 Å². The van der Waals surface area contributed by atoms with E-state index < -0.39 is 16.9 Å². The molecule has 0 N–H and O–H groups in total. The van der Waals surface area contributed by atoms with Gasteiger partial charge in [-0.3, -0.25) is 10.1 Å². The largest absolute Gasteiger partial charge is 0.462 e. The average molecular weight is 391 g/mol. The second-order valence-corrected chi connectivity index (χ2v) is 6.06. The molecule has 0 aliphatic carbocycles. The second kappa shape index (κ2) is 9.27. The van der Waals surface area contributed by atoms with Gasteiger partial charge < -0.3 is 9.47 Å². The van der Waals surface area contributed by atoms with Gasteiger partial charge in [0.2, 0.25) is 0 Å². The Labute approximate surface area is 166 Å². The maximum atomic E-state index is 12.4. The highest BCUT2D eigenvalue weighted by atomic mass is 16.6. The number of ether oxygens (including phenoxy) is 2. The van der Waals surface area contributed by atoms with Crippen LogP contribution in [0.15, 0.2) is 78.9 Å². The standard InChI is InChI=1S/C22H17NO6/c24-21(17-9-6-10-18(15-17)23(26)27)29-20-12-5-4-11-19(20)22(25)28-14-13-16-7-2-1-3-8-16/h1-12,15H,13-14H2. The predicted octanol–water partition coefficient (Wildman–Crippen LogP) is 4.21. The number of non-ortho nitro benzene ring substituents is 1. The van der Waals surface area contributed by atoms with Gasteiger partial charge in [0.1, 0.15) is 11.3 Å². The summed E-state index contributed by atoms with van der Waals surface area (Å²) < 4.78 is 10.6. The van der Waals surface area contributed by atoms with E-state index in [1.807, 2.05) is 30.3 Å². The smallest absolute Gasteiger partial charge is 0.343 e. The molecule has 0 aliphatic heterocycles. The minimum Gasteiger partial charge on any atom is -0.462 e. The summed E-state index contributed by atoms with van der Waals surface area (Å²) in [6.07, 6.45) is 0.558. The van der Waals surface area contributed by atoms with E-state index in [2.05, 4.69) is 0 Å². The molecular weight excluding hydrogens is 374 g/mol. The molecule has 0 amide bonds. The fourth-order valence-corrected chi connectivity index (χ4v) is 2.61. The molecule has 0 bridgehead atoms. The molecule has 3 aromatic carbocycles. The van der Waals surface area contributed by atoms with Crippen molar-refractivity contribution in [2.24, 2.45) is 0 Å². The number of hydrogen-bond donors (Lipinski definition) is 0. The molecule has 0 spiro atoms. The zero-order valence-electron chi connectivity index (χ0n) is 15.3. The molecule has 0 fully saturated rings. The first kappa shape index (κ1) is 19.8. The first-order valence-corrected chi connectivity index (χ1v) is 8.81. The van der Waals surface area contributed by atoms with E-state index in [4.69, 9.17) is 9.47 Å². The molecule has 0 atom stereocenters. The van der Waals surface area contributed by atoms with Gasteiger partial charge in [-0.25, -0.2) is 9.59 Å². The van der Waals surface area contributed by atoms with E-state index in [1.165, 1.54) is 30.3 Å². The lowest BCUT2D eigenvalue weighted by molar-refractivity contribution is -0.384. The number of carbonyl (C=O) groups excluding carboxylic acids is 2. The van der Waals surface area contributed by atoms with Crippen molar-refractivity contribution < 1.29 is 24.0 Å². The fraction of sp³-hybridized carbons (Fsp3) is 0.0909. The molecule has 7 heteroatoms. The Hall–Kier alpha value is -4.00. The third kappa shape index (κ3) is 5.26. The van der Waals surface area contributed by atoms with Gasteiger partial charge in [-0.05, 0) is 23.8 Å². The molecule has 146 valence electrons. The van der Waals surface area contributed by atoms with Crippen molar-refractivity contribution in [2.45, 2.75) is 6.42 Å². The number of nitro benzene ring substituents is 1. The van der Waals surface area contributed by atoms with Crippen LogP contribution in [0, 0.1) is 10.1 Å². The first-order valence-electron chi connectivity index (χ1n) is 8.81. The molecule has 3 rings (SSSR count). The van der Waals surface area contributed by atoms with Crippen molar-refractivity contribution in [1.29, 1.82) is 0 Å². The zero-order valence-corrected chi connectivity index (χ0v) is 15.3. The number of esters is 2. The summed E-state index contributed by atoms with van der Waals surface area (Å²) in [5.41, 5.74) is 0.907. The molecule has 0 radical (unpaired) electrons. The third-order valence-corrected chi connectivity index (χ3v) is 4.07. The van der Waals surface area contributed by atoms with Crippen LogP contribution < -0.4 is 4.74 Å². The molecule has 3 aromatic rings. The Bertz CT molecular complexity index is 1030. The van der Waals surface area contributed by atoms with E-state index >= 15 is 0 Å². The SMILES string of the molecule is O=C(Oc1ccccc1C(=O)OCCc1ccccc1)c1cccc([N+](=O)[O-])c1. The average Bonchev–Trinajstić information content (AvgIpc) is 2.75. The minimum absolute atomic E-state index is 0.00597. The monoisotopic (exact) mass is 391 g/mol. The zero-order chi connectivity index (χ0) is 20.6. The molecule has 29 heavy (non-hydrogen) atoms. The Morgan fingerprint density at radius 3 is 2.34 bits per heavy atom. The number of rotatable bonds is 7. The molecule has 0 heterocycles. The number of nitro groups is 1. The van der Waals surface area contributed by atoms with E-state index in [-0.39, 0.29) is 29.2 Å².